The lowest BCUT2D eigenvalue weighted by atomic mass is 10.2. The highest BCUT2D eigenvalue weighted by molar-refractivity contribution is 5.25. The molecule has 0 amide bonds. The average Bonchev–Trinajstić information content (AvgIpc) is 2.87. The van der Waals surface area contributed by atoms with Crippen molar-refractivity contribution in [1.29, 1.82) is 0 Å². The molecule has 0 aliphatic heterocycles. The van der Waals surface area contributed by atoms with E-state index in [-0.39, 0.29) is 12.4 Å². The maximum Gasteiger partial charge on any atom is 0.389 e. The molecular weight excluding hydrogens is 259 g/mol. The monoisotopic (exact) mass is 271 g/mol. The molecule has 2 rings (SSSR count). The van der Waals surface area contributed by atoms with Crippen molar-refractivity contribution in [2.45, 2.75) is 25.6 Å². The van der Waals surface area contributed by atoms with Crippen LogP contribution in [-0.4, -0.2) is 26.1 Å². The number of halogens is 3. The first kappa shape index (κ1) is 13.3. The van der Waals surface area contributed by atoms with Gasteiger partial charge in [-0.15, -0.1) is 0 Å². The molecule has 2 aromatic rings. The Kier molecular flexibility index (Phi) is 3.98. The van der Waals surface area contributed by atoms with Gasteiger partial charge < -0.3 is 10.3 Å². The van der Waals surface area contributed by atoms with Gasteiger partial charge in [0.1, 0.15) is 5.82 Å². The zero-order valence-corrected chi connectivity index (χ0v) is 9.91. The fourth-order valence-corrected chi connectivity index (χ4v) is 1.45. The van der Waals surface area contributed by atoms with Gasteiger partial charge in [0.2, 0.25) is 5.95 Å². The lowest BCUT2D eigenvalue weighted by Gasteiger charge is -2.07. The van der Waals surface area contributed by atoms with Gasteiger partial charge in [-0.2, -0.15) is 13.2 Å². The second kappa shape index (κ2) is 5.68. The summed E-state index contributed by atoms with van der Waals surface area (Å²) >= 11 is 0. The molecule has 0 aromatic carbocycles. The Morgan fingerprint density at radius 3 is 2.74 bits per heavy atom. The van der Waals surface area contributed by atoms with Gasteiger partial charge in [-0.25, -0.2) is 15.0 Å². The lowest BCUT2D eigenvalue weighted by Crippen LogP contribution is -2.10. The molecule has 0 fully saturated rings. The summed E-state index contributed by atoms with van der Waals surface area (Å²) in [4.78, 5) is 14.8. The van der Waals surface area contributed by atoms with E-state index in [1.807, 2.05) is 0 Å². The van der Waals surface area contributed by atoms with Crippen molar-refractivity contribution in [3.63, 3.8) is 0 Å². The Hall–Kier alpha value is -2.12. The molecule has 0 bridgehead atoms. The van der Waals surface area contributed by atoms with E-state index in [1.54, 1.807) is 12.4 Å². The van der Waals surface area contributed by atoms with Crippen molar-refractivity contribution in [1.82, 2.24) is 19.9 Å². The van der Waals surface area contributed by atoms with Gasteiger partial charge in [-0.3, -0.25) is 0 Å². The molecule has 2 heterocycles. The van der Waals surface area contributed by atoms with Gasteiger partial charge in [0.25, 0.3) is 0 Å². The summed E-state index contributed by atoms with van der Waals surface area (Å²) in [6.07, 6.45) is -0.492. The minimum atomic E-state index is -4.17. The molecule has 0 atom stereocenters. The summed E-state index contributed by atoms with van der Waals surface area (Å²) in [5.41, 5.74) is 0.356. The minimum Gasteiger partial charge on any atom is -0.347 e. The maximum absolute atomic E-state index is 12.1. The van der Waals surface area contributed by atoms with E-state index < -0.39 is 12.6 Å². The van der Waals surface area contributed by atoms with Gasteiger partial charge >= 0.3 is 6.18 Å². The number of alkyl halides is 3. The summed E-state index contributed by atoms with van der Waals surface area (Å²) in [5, 5.41) is 2.89. The number of hydrogen-bond donors (Lipinski definition) is 2. The first-order valence-electron chi connectivity index (χ1n) is 5.64. The first-order valence-corrected chi connectivity index (χ1v) is 5.64. The molecule has 0 spiro atoms. The van der Waals surface area contributed by atoms with Crippen LogP contribution >= 0.6 is 0 Å². The largest absolute Gasteiger partial charge is 0.389 e. The fraction of sp³-hybridized carbons (Fsp3) is 0.364. The van der Waals surface area contributed by atoms with E-state index >= 15 is 0 Å². The fourth-order valence-electron chi connectivity index (χ4n) is 1.45. The van der Waals surface area contributed by atoms with Crippen LogP contribution in [0.2, 0.25) is 0 Å². The summed E-state index contributed by atoms with van der Waals surface area (Å²) < 4.78 is 36.3. The Bertz CT molecular complexity index is 509. The Morgan fingerprint density at radius 2 is 2.05 bits per heavy atom. The molecule has 102 valence electrons. The number of H-pyrrole nitrogens is 1. The van der Waals surface area contributed by atoms with Gasteiger partial charge in [-0.05, 0) is 12.5 Å². The standard InChI is InChI=1S/C11H12F3N5/c12-11(13,14)3-1-8-2-4-17-10(19-8)18-7-9-15-5-6-16-9/h2,4-6H,1,3,7H2,(H,15,16)(H,17,18,19). The van der Waals surface area contributed by atoms with Crippen molar-refractivity contribution in [3.05, 3.63) is 36.2 Å². The number of nitrogens with zero attached hydrogens (tertiary/aromatic N) is 3. The third kappa shape index (κ3) is 4.57. The van der Waals surface area contributed by atoms with Gasteiger partial charge in [0.05, 0.1) is 6.54 Å². The van der Waals surface area contributed by atoms with Gasteiger partial charge in [0.15, 0.2) is 0 Å². The maximum atomic E-state index is 12.1. The summed E-state index contributed by atoms with van der Waals surface area (Å²) in [7, 11) is 0. The molecule has 0 aliphatic rings. The third-order valence-electron chi connectivity index (χ3n) is 2.35. The van der Waals surface area contributed by atoms with Crippen LogP contribution in [0.15, 0.2) is 24.7 Å². The molecule has 0 saturated heterocycles. The molecule has 0 radical (unpaired) electrons. The van der Waals surface area contributed by atoms with Crippen LogP contribution in [0.4, 0.5) is 19.1 Å². The average molecular weight is 271 g/mol. The van der Waals surface area contributed by atoms with E-state index in [2.05, 4.69) is 25.3 Å². The molecular formula is C11H12F3N5. The first-order chi connectivity index (χ1) is 9.03. The molecule has 5 nitrogen and oxygen atoms in total. The minimum absolute atomic E-state index is 0.151. The molecule has 8 heteroatoms. The van der Waals surface area contributed by atoms with Crippen molar-refractivity contribution >= 4 is 5.95 Å². The SMILES string of the molecule is FC(F)(F)CCc1ccnc(NCc2ncc[nH]2)n1. The highest BCUT2D eigenvalue weighted by Crippen LogP contribution is 2.21. The van der Waals surface area contributed by atoms with E-state index in [4.69, 9.17) is 0 Å². The number of rotatable bonds is 5. The predicted octanol–water partition coefficient (Wildman–Crippen LogP) is 2.31. The Labute approximate surface area is 107 Å². The highest BCUT2D eigenvalue weighted by Gasteiger charge is 2.26. The third-order valence-corrected chi connectivity index (χ3v) is 2.35. The van der Waals surface area contributed by atoms with Crippen LogP contribution in [0.3, 0.4) is 0 Å². The Balaban J connectivity index is 1.91. The number of nitrogens with one attached hydrogen (secondary N) is 2. The number of aromatic nitrogens is 4. The molecule has 19 heavy (non-hydrogen) atoms. The zero-order valence-electron chi connectivity index (χ0n) is 9.91. The second-order valence-electron chi connectivity index (χ2n) is 3.88. The lowest BCUT2D eigenvalue weighted by molar-refractivity contribution is -0.134. The van der Waals surface area contributed by atoms with Crippen LogP contribution in [0, 0.1) is 0 Å². The van der Waals surface area contributed by atoms with E-state index in [9.17, 15) is 13.2 Å². The van der Waals surface area contributed by atoms with E-state index in [0.717, 1.165) is 0 Å². The second-order valence-corrected chi connectivity index (χ2v) is 3.88. The van der Waals surface area contributed by atoms with Gasteiger partial charge in [0, 0.05) is 30.7 Å². The highest BCUT2D eigenvalue weighted by atomic mass is 19.4. The zero-order chi connectivity index (χ0) is 13.7. The van der Waals surface area contributed by atoms with E-state index in [1.165, 1.54) is 12.3 Å². The van der Waals surface area contributed by atoms with Crippen LogP contribution in [0.1, 0.15) is 17.9 Å². The smallest absolute Gasteiger partial charge is 0.347 e. The van der Waals surface area contributed by atoms with Crippen molar-refractivity contribution in [2.24, 2.45) is 0 Å². The number of imidazole rings is 1. The Morgan fingerprint density at radius 1 is 1.21 bits per heavy atom. The normalized spacial score (nSPS) is 11.5. The van der Waals surface area contributed by atoms with Gasteiger partial charge in [-0.1, -0.05) is 0 Å². The number of hydrogen-bond acceptors (Lipinski definition) is 4. The summed E-state index contributed by atoms with van der Waals surface area (Å²) in [6.45, 7) is 0.385. The van der Waals surface area contributed by atoms with Crippen LogP contribution in [0.25, 0.3) is 0 Å². The summed E-state index contributed by atoms with van der Waals surface area (Å²) in [6, 6.07) is 1.48. The quantitative estimate of drug-likeness (QED) is 0.875. The molecule has 0 unspecified atom stereocenters. The number of aryl methyl sites for hydroxylation is 1. The molecule has 2 N–H and O–H groups in total. The topological polar surface area (TPSA) is 66.5 Å². The molecule has 2 aromatic heterocycles. The molecule has 0 saturated carbocycles. The van der Waals surface area contributed by atoms with Crippen molar-refractivity contribution in [3.8, 4) is 0 Å². The van der Waals surface area contributed by atoms with Crippen molar-refractivity contribution < 1.29 is 13.2 Å². The van der Waals surface area contributed by atoms with Crippen LogP contribution in [0.5, 0.6) is 0 Å². The predicted molar refractivity (Wildman–Crippen MR) is 62.3 cm³/mol. The van der Waals surface area contributed by atoms with Crippen LogP contribution in [-0.2, 0) is 13.0 Å². The van der Waals surface area contributed by atoms with E-state index in [0.29, 0.717) is 18.1 Å². The summed E-state index contributed by atoms with van der Waals surface area (Å²) in [5.74, 6) is 0.986. The van der Waals surface area contributed by atoms with Crippen LogP contribution < -0.4 is 5.32 Å². The van der Waals surface area contributed by atoms with Crippen molar-refractivity contribution in [2.75, 3.05) is 5.32 Å². The number of aromatic amines is 1. The molecule has 0 aliphatic carbocycles. The number of anilines is 1.